The predicted octanol–water partition coefficient (Wildman–Crippen LogP) is 4.16. The molecule has 5 nitrogen and oxygen atoms in total. The van der Waals surface area contributed by atoms with Gasteiger partial charge >= 0.3 is 0 Å². The number of hydrogen-bond acceptors (Lipinski definition) is 4. The van der Waals surface area contributed by atoms with Crippen LogP contribution < -0.4 is 15.2 Å². The molecule has 1 fully saturated rings. The monoisotopic (exact) mass is 398 g/mol. The molecule has 154 valence electrons. The number of amides is 1. The molecule has 2 N–H and O–H groups in total. The standard InChI is InChI=1S/C21H34N2O3.ClH/c1-4-11-23(21(24)17-8-9-18(22)14-17)15-16-7-10-19(26-12-5-2)20(13-16)25-6-3;/h7,10,13,17-18H,4-6,8-9,11-12,14-15,22H2,1-3H3;1H. The molecule has 1 saturated carbocycles. The largest absolute Gasteiger partial charge is 0.490 e. The number of nitrogens with two attached hydrogens (primary N) is 1. The van der Waals surface area contributed by atoms with Gasteiger partial charge in [0.2, 0.25) is 5.91 Å². The van der Waals surface area contributed by atoms with E-state index in [1.165, 1.54) is 0 Å². The van der Waals surface area contributed by atoms with Gasteiger partial charge in [0.25, 0.3) is 0 Å². The second-order valence-corrected chi connectivity index (χ2v) is 7.09. The van der Waals surface area contributed by atoms with E-state index in [4.69, 9.17) is 15.2 Å². The average Bonchev–Trinajstić information content (AvgIpc) is 3.07. The van der Waals surface area contributed by atoms with Crippen LogP contribution in [-0.2, 0) is 11.3 Å². The Labute approximate surface area is 170 Å². The van der Waals surface area contributed by atoms with Crippen LogP contribution >= 0.6 is 12.4 Å². The Bertz CT molecular complexity index is 583. The lowest BCUT2D eigenvalue weighted by Gasteiger charge is -2.26. The number of carbonyl (C=O) groups excluding carboxylic acids is 1. The van der Waals surface area contributed by atoms with Crippen molar-refractivity contribution < 1.29 is 14.3 Å². The fraction of sp³-hybridized carbons (Fsp3) is 0.667. The molecule has 1 aromatic carbocycles. The summed E-state index contributed by atoms with van der Waals surface area (Å²) in [4.78, 5) is 14.9. The third-order valence-corrected chi connectivity index (χ3v) is 4.77. The van der Waals surface area contributed by atoms with Crippen molar-refractivity contribution in [2.24, 2.45) is 11.7 Å². The van der Waals surface area contributed by atoms with E-state index in [-0.39, 0.29) is 30.3 Å². The van der Waals surface area contributed by atoms with Gasteiger partial charge in [0.15, 0.2) is 11.5 Å². The van der Waals surface area contributed by atoms with E-state index >= 15 is 0 Å². The minimum absolute atomic E-state index is 0. The molecular formula is C21H35ClN2O3. The average molecular weight is 399 g/mol. The van der Waals surface area contributed by atoms with Crippen molar-refractivity contribution in [3.63, 3.8) is 0 Å². The summed E-state index contributed by atoms with van der Waals surface area (Å²) >= 11 is 0. The van der Waals surface area contributed by atoms with Crippen LogP contribution in [0.4, 0.5) is 0 Å². The lowest BCUT2D eigenvalue weighted by Crippen LogP contribution is -2.36. The van der Waals surface area contributed by atoms with E-state index < -0.39 is 0 Å². The molecule has 1 aromatic rings. The zero-order valence-electron chi connectivity index (χ0n) is 16.9. The van der Waals surface area contributed by atoms with Gasteiger partial charge < -0.3 is 20.1 Å². The summed E-state index contributed by atoms with van der Waals surface area (Å²) in [5.41, 5.74) is 7.07. The predicted molar refractivity (Wildman–Crippen MR) is 112 cm³/mol. The van der Waals surface area contributed by atoms with Gasteiger partial charge in [-0.2, -0.15) is 0 Å². The summed E-state index contributed by atoms with van der Waals surface area (Å²) < 4.78 is 11.5. The molecule has 0 spiro atoms. The maximum Gasteiger partial charge on any atom is 0.226 e. The molecule has 0 aliphatic heterocycles. The highest BCUT2D eigenvalue weighted by atomic mass is 35.5. The molecule has 0 aromatic heterocycles. The number of halogens is 1. The van der Waals surface area contributed by atoms with Gasteiger partial charge in [-0.15, -0.1) is 12.4 Å². The lowest BCUT2D eigenvalue weighted by molar-refractivity contribution is -0.136. The van der Waals surface area contributed by atoms with Crippen LogP contribution in [0.2, 0.25) is 0 Å². The van der Waals surface area contributed by atoms with Crippen LogP contribution in [0.25, 0.3) is 0 Å². The highest BCUT2D eigenvalue weighted by Gasteiger charge is 2.30. The third kappa shape index (κ3) is 6.89. The van der Waals surface area contributed by atoms with E-state index in [1.54, 1.807) is 0 Å². The topological polar surface area (TPSA) is 64.8 Å². The van der Waals surface area contributed by atoms with Gasteiger partial charge in [-0.1, -0.05) is 19.9 Å². The second kappa shape index (κ2) is 12.1. The Kier molecular flexibility index (Phi) is 10.6. The number of ether oxygens (including phenoxy) is 2. The molecule has 6 heteroatoms. The van der Waals surface area contributed by atoms with Gasteiger partial charge in [0, 0.05) is 25.0 Å². The van der Waals surface area contributed by atoms with Crippen molar-refractivity contribution in [1.82, 2.24) is 4.90 Å². The van der Waals surface area contributed by atoms with Crippen molar-refractivity contribution in [1.29, 1.82) is 0 Å². The summed E-state index contributed by atoms with van der Waals surface area (Å²) in [6, 6.07) is 6.16. The molecule has 1 aliphatic carbocycles. The Hall–Kier alpha value is -1.46. The maximum absolute atomic E-state index is 12.9. The number of rotatable bonds is 10. The van der Waals surface area contributed by atoms with Gasteiger partial charge in [-0.25, -0.2) is 0 Å². The summed E-state index contributed by atoms with van der Waals surface area (Å²) in [7, 11) is 0. The van der Waals surface area contributed by atoms with Crippen molar-refractivity contribution in [3.05, 3.63) is 23.8 Å². The van der Waals surface area contributed by atoms with Crippen LogP contribution in [-0.4, -0.2) is 36.6 Å². The van der Waals surface area contributed by atoms with E-state index in [0.717, 1.165) is 55.7 Å². The molecule has 0 bridgehead atoms. The summed E-state index contributed by atoms with van der Waals surface area (Å²) in [6.07, 6.45) is 4.58. The van der Waals surface area contributed by atoms with Crippen molar-refractivity contribution >= 4 is 18.3 Å². The van der Waals surface area contributed by atoms with Crippen molar-refractivity contribution in [2.45, 2.75) is 65.5 Å². The zero-order chi connectivity index (χ0) is 18.9. The summed E-state index contributed by atoms with van der Waals surface area (Å²) in [6.45, 7) is 8.78. The Balaban J connectivity index is 0.00000364. The van der Waals surface area contributed by atoms with Gasteiger partial charge in [-0.3, -0.25) is 4.79 Å². The van der Waals surface area contributed by atoms with E-state index in [0.29, 0.717) is 19.8 Å². The molecule has 0 saturated heterocycles. The van der Waals surface area contributed by atoms with Crippen LogP contribution in [0.3, 0.4) is 0 Å². The molecule has 1 amide bonds. The quantitative estimate of drug-likeness (QED) is 0.642. The van der Waals surface area contributed by atoms with Crippen molar-refractivity contribution in [3.8, 4) is 11.5 Å². The first-order chi connectivity index (χ1) is 12.6. The summed E-state index contributed by atoms with van der Waals surface area (Å²) in [5.74, 6) is 1.84. The number of benzene rings is 1. The highest BCUT2D eigenvalue weighted by molar-refractivity contribution is 5.85. The normalized spacial score (nSPS) is 18.7. The molecule has 2 atom stereocenters. The molecule has 27 heavy (non-hydrogen) atoms. The van der Waals surface area contributed by atoms with Gasteiger partial charge in [0.1, 0.15) is 0 Å². The van der Waals surface area contributed by atoms with Gasteiger partial charge in [-0.05, 0) is 56.7 Å². The van der Waals surface area contributed by atoms with Crippen LogP contribution in [0, 0.1) is 5.92 Å². The Morgan fingerprint density at radius 3 is 2.52 bits per heavy atom. The summed E-state index contributed by atoms with van der Waals surface area (Å²) in [5, 5.41) is 0. The van der Waals surface area contributed by atoms with E-state index in [9.17, 15) is 4.79 Å². The number of hydrogen-bond donors (Lipinski definition) is 1. The molecule has 2 rings (SSSR count). The lowest BCUT2D eigenvalue weighted by atomic mass is 10.1. The van der Waals surface area contributed by atoms with Crippen LogP contribution in [0.15, 0.2) is 18.2 Å². The zero-order valence-corrected chi connectivity index (χ0v) is 17.7. The Morgan fingerprint density at radius 1 is 1.15 bits per heavy atom. The van der Waals surface area contributed by atoms with Crippen LogP contribution in [0.5, 0.6) is 11.5 Å². The second-order valence-electron chi connectivity index (χ2n) is 7.09. The molecule has 0 radical (unpaired) electrons. The number of carbonyl (C=O) groups is 1. The fourth-order valence-electron chi connectivity index (χ4n) is 3.51. The molecular weight excluding hydrogens is 364 g/mol. The van der Waals surface area contributed by atoms with E-state index in [1.807, 2.05) is 30.0 Å². The minimum Gasteiger partial charge on any atom is -0.490 e. The van der Waals surface area contributed by atoms with Gasteiger partial charge in [0.05, 0.1) is 13.2 Å². The minimum atomic E-state index is 0. The maximum atomic E-state index is 12.9. The first-order valence-electron chi connectivity index (χ1n) is 10.0. The highest BCUT2D eigenvalue weighted by Crippen LogP contribution is 2.30. The molecule has 0 heterocycles. The number of nitrogens with zero attached hydrogens (tertiary/aromatic N) is 1. The molecule has 2 unspecified atom stereocenters. The smallest absolute Gasteiger partial charge is 0.226 e. The van der Waals surface area contributed by atoms with Crippen LogP contribution in [0.1, 0.15) is 58.4 Å². The van der Waals surface area contributed by atoms with E-state index in [2.05, 4.69) is 13.8 Å². The fourth-order valence-corrected chi connectivity index (χ4v) is 3.51. The van der Waals surface area contributed by atoms with Crippen molar-refractivity contribution in [2.75, 3.05) is 19.8 Å². The third-order valence-electron chi connectivity index (χ3n) is 4.77. The first-order valence-corrected chi connectivity index (χ1v) is 10.0. The SMILES string of the molecule is CCCOc1ccc(CN(CCC)C(=O)C2CCC(N)C2)cc1OCC.Cl. The Morgan fingerprint density at radius 2 is 1.93 bits per heavy atom. The first kappa shape index (κ1) is 23.6. The molecule has 1 aliphatic rings.